The van der Waals surface area contributed by atoms with Gasteiger partial charge in [0, 0.05) is 30.5 Å². The highest BCUT2D eigenvalue weighted by atomic mass is 32.2. The van der Waals surface area contributed by atoms with Crippen molar-refractivity contribution in [1.82, 2.24) is 18.9 Å². The third kappa shape index (κ3) is 4.41. The highest BCUT2D eigenvalue weighted by Gasteiger charge is 2.17. The Morgan fingerprint density at radius 1 is 1.00 bits per heavy atom. The number of nitrogens with one attached hydrogen (secondary N) is 1. The average Bonchev–Trinajstić information content (AvgIpc) is 3.60. The highest BCUT2D eigenvalue weighted by Crippen LogP contribution is 2.21. The number of benzene rings is 2. The third-order valence-electron chi connectivity index (χ3n) is 5.71. The van der Waals surface area contributed by atoms with Gasteiger partial charge in [0.25, 0.3) is 15.6 Å². The molecule has 0 saturated heterocycles. The van der Waals surface area contributed by atoms with E-state index in [9.17, 15) is 13.2 Å². The Kier molecular flexibility index (Phi) is 6.17. The number of hydrogen-bond acceptors (Lipinski definition) is 6. The Bertz CT molecular complexity index is 1700. The van der Waals surface area contributed by atoms with Crippen molar-refractivity contribution in [2.24, 2.45) is 12.0 Å². The second kappa shape index (κ2) is 9.44. The fourth-order valence-corrected chi connectivity index (χ4v) is 5.59. The van der Waals surface area contributed by atoms with Crippen molar-refractivity contribution in [3.8, 4) is 11.4 Å². The summed E-state index contributed by atoms with van der Waals surface area (Å²) in [6.07, 6.45) is 5.02. The number of rotatable bonds is 7. The van der Waals surface area contributed by atoms with Gasteiger partial charge in [-0.1, -0.05) is 18.2 Å². The van der Waals surface area contributed by atoms with Gasteiger partial charge in [-0.25, -0.2) is 23.1 Å². The van der Waals surface area contributed by atoms with E-state index in [2.05, 4.69) is 14.7 Å². The second-order valence-electron chi connectivity index (χ2n) is 7.91. The Morgan fingerprint density at radius 2 is 1.75 bits per heavy atom. The topological polar surface area (TPSA) is 103 Å². The number of sulfonamides is 1. The van der Waals surface area contributed by atoms with Gasteiger partial charge in [-0.2, -0.15) is 0 Å². The van der Waals surface area contributed by atoms with E-state index in [1.165, 1.54) is 29.7 Å². The van der Waals surface area contributed by atoms with Gasteiger partial charge in [0.1, 0.15) is 0 Å². The van der Waals surface area contributed by atoms with Gasteiger partial charge in [-0.3, -0.25) is 14.2 Å². The smallest absolute Gasteiger partial charge is 0.297 e. The summed E-state index contributed by atoms with van der Waals surface area (Å²) in [5.41, 5.74) is 3.13. The summed E-state index contributed by atoms with van der Waals surface area (Å²) in [4.78, 5) is 21.7. The molecule has 0 saturated carbocycles. The molecule has 36 heavy (non-hydrogen) atoms. The van der Waals surface area contributed by atoms with Crippen LogP contribution in [-0.4, -0.2) is 33.5 Å². The van der Waals surface area contributed by atoms with Crippen LogP contribution in [-0.2, 0) is 17.1 Å². The number of aliphatic imine (C=N–C) groups is 1. The average molecular weight is 519 g/mol. The monoisotopic (exact) mass is 518 g/mol. The molecular weight excluding hydrogens is 496 g/mol. The molecule has 0 fully saturated rings. The van der Waals surface area contributed by atoms with E-state index in [1.807, 2.05) is 67.2 Å². The van der Waals surface area contributed by atoms with Gasteiger partial charge in [-0.15, -0.1) is 11.3 Å². The largest absolute Gasteiger partial charge is 0.316 e. The summed E-state index contributed by atoms with van der Waals surface area (Å²) in [6, 6.07) is 19.6. The van der Waals surface area contributed by atoms with Crippen LogP contribution in [0.3, 0.4) is 0 Å². The lowest BCUT2D eigenvalue weighted by Gasteiger charge is -2.09. The summed E-state index contributed by atoms with van der Waals surface area (Å²) in [5, 5.41) is 2.01. The lowest BCUT2D eigenvalue weighted by molar-refractivity contribution is 0.601. The summed E-state index contributed by atoms with van der Waals surface area (Å²) in [5.74, 6) is 0. The molecule has 5 rings (SSSR count). The Hall–Kier alpha value is -4.22. The van der Waals surface area contributed by atoms with E-state index in [0.29, 0.717) is 10.8 Å². The van der Waals surface area contributed by atoms with E-state index in [4.69, 9.17) is 0 Å². The molecule has 0 aliphatic heterocycles. The lowest BCUT2D eigenvalue weighted by Crippen LogP contribution is -2.19. The molecule has 0 atom stereocenters. The van der Waals surface area contributed by atoms with Gasteiger partial charge in [-0.05, 0) is 55.5 Å². The summed E-state index contributed by atoms with van der Waals surface area (Å²) < 4.78 is 32.9. The minimum atomic E-state index is -3.74. The fourth-order valence-electron chi connectivity index (χ4n) is 3.80. The van der Waals surface area contributed by atoms with Crippen LogP contribution in [0.4, 0.5) is 10.8 Å². The first-order chi connectivity index (χ1) is 17.3. The van der Waals surface area contributed by atoms with Crippen LogP contribution in [0.25, 0.3) is 11.4 Å². The molecule has 3 heterocycles. The fraction of sp³-hybridized carbons (Fsp3) is 0.0800. The zero-order chi connectivity index (χ0) is 25.3. The summed E-state index contributed by atoms with van der Waals surface area (Å²) in [6.45, 7) is 1.85. The minimum Gasteiger partial charge on any atom is -0.316 e. The van der Waals surface area contributed by atoms with Crippen LogP contribution in [0.5, 0.6) is 0 Å². The first kappa shape index (κ1) is 23.5. The molecular formula is C25H22N6O3S2. The second-order valence-corrected chi connectivity index (χ2v) is 10.5. The number of nitrogens with zero attached hydrogens (tertiary/aromatic N) is 5. The quantitative estimate of drug-likeness (QED) is 0.325. The molecule has 0 unspecified atom stereocenters. The molecule has 5 aromatic rings. The Balaban J connectivity index is 1.43. The van der Waals surface area contributed by atoms with Crippen molar-refractivity contribution in [3.05, 3.63) is 106 Å². The van der Waals surface area contributed by atoms with E-state index in [-0.39, 0.29) is 10.5 Å². The van der Waals surface area contributed by atoms with Gasteiger partial charge in [0.2, 0.25) is 0 Å². The van der Waals surface area contributed by atoms with Gasteiger partial charge in [0.15, 0.2) is 10.8 Å². The zero-order valence-corrected chi connectivity index (χ0v) is 21.1. The number of anilines is 1. The maximum atomic E-state index is 13.1. The molecule has 3 aromatic heterocycles. The SMILES string of the molecule is Cc1c(N=Cc2cccn2-c2ccc(S(=O)(=O)Nc3nccs3)cc2)c(=O)n(-c2ccccc2)n1C. The molecule has 9 nitrogen and oxygen atoms in total. The molecule has 1 N–H and O–H groups in total. The normalized spacial score (nSPS) is 11.8. The maximum Gasteiger partial charge on any atom is 0.297 e. The van der Waals surface area contributed by atoms with Crippen molar-refractivity contribution in [2.45, 2.75) is 11.8 Å². The standard InChI is InChI=1S/C25H22N6O3S2/c1-18-23(24(32)31(29(18)2)20-7-4-3-5-8-20)27-17-21-9-6-15-30(21)19-10-12-22(13-11-19)36(33,34)28-25-26-14-16-35-25/h3-17H,1-2H3,(H,26,28). The molecule has 0 amide bonds. The minimum absolute atomic E-state index is 0.130. The first-order valence-electron chi connectivity index (χ1n) is 10.9. The van der Waals surface area contributed by atoms with Crippen LogP contribution >= 0.6 is 11.3 Å². The first-order valence-corrected chi connectivity index (χ1v) is 13.3. The number of thiazole rings is 1. The van der Waals surface area contributed by atoms with Crippen molar-refractivity contribution < 1.29 is 8.42 Å². The number of para-hydroxylation sites is 1. The Morgan fingerprint density at radius 3 is 2.44 bits per heavy atom. The number of aromatic nitrogens is 4. The van der Waals surface area contributed by atoms with E-state index in [0.717, 1.165) is 22.8 Å². The lowest BCUT2D eigenvalue weighted by atomic mass is 10.3. The van der Waals surface area contributed by atoms with Crippen LogP contribution in [0.2, 0.25) is 0 Å². The van der Waals surface area contributed by atoms with Gasteiger partial charge in [0.05, 0.1) is 28.2 Å². The molecule has 0 aliphatic carbocycles. The summed E-state index contributed by atoms with van der Waals surface area (Å²) in [7, 11) is -1.91. The molecule has 0 spiro atoms. The predicted molar refractivity (Wildman–Crippen MR) is 142 cm³/mol. The van der Waals surface area contributed by atoms with Crippen LogP contribution in [0.1, 0.15) is 11.4 Å². The molecule has 182 valence electrons. The maximum absolute atomic E-state index is 13.1. The summed E-state index contributed by atoms with van der Waals surface area (Å²) >= 11 is 1.21. The predicted octanol–water partition coefficient (Wildman–Crippen LogP) is 4.28. The number of hydrogen-bond donors (Lipinski definition) is 1. The van der Waals surface area contributed by atoms with Crippen molar-refractivity contribution in [3.63, 3.8) is 0 Å². The third-order valence-corrected chi connectivity index (χ3v) is 7.88. The zero-order valence-electron chi connectivity index (χ0n) is 19.4. The molecule has 0 radical (unpaired) electrons. The molecule has 11 heteroatoms. The van der Waals surface area contributed by atoms with E-state index in [1.54, 1.807) is 33.1 Å². The van der Waals surface area contributed by atoms with Crippen molar-refractivity contribution in [1.29, 1.82) is 0 Å². The van der Waals surface area contributed by atoms with Gasteiger partial charge >= 0.3 is 0 Å². The van der Waals surface area contributed by atoms with E-state index >= 15 is 0 Å². The van der Waals surface area contributed by atoms with Crippen LogP contribution in [0, 0.1) is 6.92 Å². The molecule has 2 aromatic carbocycles. The highest BCUT2D eigenvalue weighted by molar-refractivity contribution is 7.93. The van der Waals surface area contributed by atoms with E-state index < -0.39 is 10.0 Å². The molecule has 0 aliphatic rings. The van der Waals surface area contributed by atoms with Crippen molar-refractivity contribution >= 4 is 38.4 Å². The van der Waals surface area contributed by atoms with Crippen LogP contribution < -0.4 is 10.3 Å². The molecule has 0 bridgehead atoms. The Labute approximate surface area is 211 Å². The van der Waals surface area contributed by atoms with Crippen molar-refractivity contribution in [2.75, 3.05) is 4.72 Å². The van der Waals surface area contributed by atoms with Crippen LogP contribution in [0.15, 0.2) is 99.2 Å². The van der Waals surface area contributed by atoms with Gasteiger partial charge < -0.3 is 4.57 Å².